The zero-order valence-corrected chi connectivity index (χ0v) is 15.5. The average Bonchev–Trinajstić information content (AvgIpc) is 2.66. The van der Waals surface area contributed by atoms with Gasteiger partial charge in [-0.25, -0.2) is 0 Å². The highest BCUT2D eigenvalue weighted by atomic mass is 16.5. The van der Waals surface area contributed by atoms with Gasteiger partial charge in [-0.05, 0) is 17.7 Å². The van der Waals surface area contributed by atoms with Crippen molar-refractivity contribution in [1.82, 2.24) is 15.1 Å². The van der Waals surface area contributed by atoms with E-state index in [4.69, 9.17) is 10.5 Å². The molecule has 25 heavy (non-hydrogen) atoms. The molecular formula is C19H32N4O2. The fraction of sp³-hybridized carbons (Fsp3) is 0.632. The minimum Gasteiger partial charge on any atom is -0.380 e. The number of carbonyl (C=O) groups excluding carboxylic acids is 1. The van der Waals surface area contributed by atoms with Crippen LogP contribution in [0.15, 0.2) is 24.3 Å². The molecule has 6 nitrogen and oxygen atoms in total. The quantitative estimate of drug-likeness (QED) is 0.691. The van der Waals surface area contributed by atoms with Crippen LogP contribution in [0.4, 0.5) is 0 Å². The Morgan fingerprint density at radius 1 is 1.20 bits per heavy atom. The molecule has 1 aliphatic heterocycles. The minimum absolute atomic E-state index is 0.0244. The van der Waals surface area contributed by atoms with Crippen molar-refractivity contribution in [1.29, 1.82) is 0 Å². The molecule has 140 valence electrons. The maximum absolute atomic E-state index is 12.1. The van der Waals surface area contributed by atoms with Crippen molar-refractivity contribution in [2.24, 2.45) is 5.73 Å². The third-order valence-corrected chi connectivity index (χ3v) is 4.91. The number of nitrogens with one attached hydrogen (secondary N) is 1. The number of likely N-dealkylation sites (N-methyl/N-ethyl adjacent to an activating group) is 1. The maximum atomic E-state index is 12.1. The molecule has 1 atom stereocenters. The van der Waals surface area contributed by atoms with E-state index < -0.39 is 0 Å². The molecule has 1 unspecified atom stereocenters. The number of amides is 1. The molecule has 1 aliphatic rings. The molecule has 0 aliphatic carbocycles. The number of ether oxygens (including phenoxy) is 1. The molecule has 0 bridgehead atoms. The Hall–Kier alpha value is -1.47. The number of hydrogen-bond acceptors (Lipinski definition) is 5. The van der Waals surface area contributed by atoms with Crippen molar-refractivity contribution >= 4 is 5.91 Å². The van der Waals surface area contributed by atoms with Crippen molar-refractivity contribution < 1.29 is 9.53 Å². The number of nitrogens with two attached hydrogens (primary N) is 1. The summed E-state index contributed by atoms with van der Waals surface area (Å²) in [5.74, 6) is -0.0244. The van der Waals surface area contributed by atoms with Gasteiger partial charge >= 0.3 is 0 Å². The van der Waals surface area contributed by atoms with Gasteiger partial charge in [0, 0.05) is 52.9 Å². The number of methoxy groups -OCH3 is 1. The number of rotatable bonds is 9. The Balaban J connectivity index is 1.86. The summed E-state index contributed by atoms with van der Waals surface area (Å²) in [5, 5.41) is 2.99. The van der Waals surface area contributed by atoms with E-state index in [2.05, 4.69) is 40.2 Å². The first kappa shape index (κ1) is 19.8. The van der Waals surface area contributed by atoms with E-state index in [9.17, 15) is 4.79 Å². The third-order valence-electron chi connectivity index (χ3n) is 4.91. The highest BCUT2D eigenvalue weighted by molar-refractivity contribution is 5.76. The Labute approximate surface area is 151 Å². The molecule has 0 spiro atoms. The fourth-order valence-electron chi connectivity index (χ4n) is 3.12. The first-order valence-electron chi connectivity index (χ1n) is 9.17. The summed E-state index contributed by atoms with van der Waals surface area (Å²) in [7, 11) is 1.58. The van der Waals surface area contributed by atoms with Gasteiger partial charge in [0.2, 0.25) is 5.91 Å². The number of piperazine rings is 1. The van der Waals surface area contributed by atoms with Gasteiger partial charge < -0.3 is 20.7 Å². The van der Waals surface area contributed by atoms with Crippen molar-refractivity contribution in [2.75, 3.05) is 46.4 Å². The summed E-state index contributed by atoms with van der Waals surface area (Å²) >= 11 is 0. The molecular weight excluding hydrogens is 316 g/mol. The largest absolute Gasteiger partial charge is 0.380 e. The predicted octanol–water partition coefficient (Wildman–Crippen LogP) is 0.804. The highest BCUT2D eigenvalue weighted by Gasteiger charge is 2.17. The molecule has 1 aromatic rings. The van der Waals surface area contributed by atoms with Crippen LogP contribution >= 0.6 is 0 Å². The van der Waals surface area contributed by atoms with Crippen molar-refractivity contribution in [2.45, 2.75) is 32.5 Å². The normalized spacial score (nSPS) is 17.4. The zero-order valence-electron chi connectivity index (χ0n) is 15.5. The van der Waals surface area contributed by atoms with E-state index in [0.717, 1.165) is 39.3 Å². The van der Waals surface area contributed by atoms with Gasteiger partial charge in [-0.1, -0.05) is 31.2 Å². The molecule has 2 rings (SSSR count). The number of nitrogens with zero attached hydrogens (tertiary/aromatic N) is 2. The van der Waals surface area contributed by atoms with Crippen LogP contribution in [0.5, 0.6) is 0 Å². The second-order valence-corrected chi connectivity index (χ2v) is 6.55. The standard InChI is InChI=1S/C19H32N4O2/c1-3-22-8-10-23(11-9-22)15-17-7-5-4-6-16(17)14-21-19(24)12-18(13-20)25-2/h4-7,18H,3,8-15,20H2,1-2H3,(H,21,24). The Kier molecular flexibility index (Phi) is 8.34. The van der Waals surface area contributed by atoms with Crippen LogP contribution in [0.25, 0.3) is 0 Å². The SMILES string of the molecule is CCN1CCN(Cc2ccccc2CNC(=O)CC(CN)OC)CC1. The van der Waals surface area contributed by atoms with Crippen LogP contribution in [0.2, 0.25) is 0 Å². The minimum atomic E-state index is -0.217. The van der Waals surface area contributed by atoms with Crippen molar-refractivity contribution in [3.8, 4) is 0 Å². The number of hydrogen-bond donors (Lipinski definition) is 2. The lowest BCUT2D eigenvalue weighted by Crippen LogP contribution is -2.45. The zero-order chi connectivity index (χ0) is 18.1. The van der Waals surface area contributed by atoms with Crippen LogP contribution in [0, 0.1) is 0 Å². The van der Waals surface area contributed by atoms with Crippen LogP contribution in [-0.4, -0.2) is 68.2 Å². The van der Waals surface area contributed by atoms with Crippen molar-refractivity contribution in [3.05, 3.63) is 35.4 Å². The molecule has 0 radical (unpaired) electrons. The molecule has 0 aromatic heterocycles. The average molecular weight is 348 g/mol. The third kappa shape index (κ3) is 6.40. The second-order valence-electron chi connectivity index (χ2n) is 6.55. The fourth-order valence-corrected chi connectivity index (χ4v) is 3.12. The van der Waals surface area contributed by atoms with Gasteiger partial charge in [-0.15, -0.1) is 0 Å². The van der Waals surface area contributed by atoms with E-state index >= 15 is 0 Å². The number of benzene rings is 1. The van der Waals surface area contributed by atoms with Crippen LogP contribution in [0.3, 0.4) is 0 Å². The predicted molar refractivity (Wildman–Crippen MR) is 100 cm³/mol. The van der Waals surface area contributed by atoms with Gasteiger partial charge in [0.1, 0.15) is 0 Å². The van der Waals surface area contributed by atoms with Crippen LogP contribution in [-0.2, 0) is 22.6 Å². The number of carbonyl (C=O) groups is 1. The van der Waals surface area contributed by atoms with E-state index in [1.807, 2.05) is 6.07 Å². The van der Waals surface area contributed by atoms with Crippen LogP contribution < -0.4 is 11.1 Å². The van der Waals surface area contributed by atoms with Crippen LogP contribution in [0.1, 0.15) is 24.5 Å². The Morgan fingerprint density at radius 2 is 1.84 bits per heavy atom. The summed E-state index contributed by atoms with van der Waals surface area (Å²) in [4.78, 5) is 17.0. The summed E-state index contributed by atoms with van der Waals surface area (Å²) in [6, 6.07) is 8.34. The Bertz CT molecular complexity index is 526. The molecule has 1 heterocycles. The van der Waals surface area contributed by atoms with Gasteiger partial charge in [0.05, 0.1) is 12.5 Å². The monoisotopic (exact) mass is 348 g/mol. The summed E-state index contributed by atoms with van der Waals surface area (Å²) in [6.45, 7) is 9.64. The highest BCUT2D eigenvalue weighted by Crippen LogP contribution is 2.13. The van der Waals surface area contributed by atoms with E-state index in [-0.39, 0.29) is 12.0 Å². The Morgan fingerprint density at radius 3 is 2.44 bits per heavy atom. The molecule has 0 saturated carbocycles. The summed E-state index contributed by atoms with van der Waals surface area (Å²) in [5.41, 5.74) is 8.04. The van der Waals surface area contributed by atoms with Gasteiger partial charge in [0.15, 0.2) is 0 Å². The van der Waals surface area contributed by atoms with Gasteiger partial charge in [-0.2, -0.15) is 0 Å². The van der Waals surface area contributed by atoms with Crippen molar-refractivity contribution in [3.63, 3.8) is 0 Å². The first-order chi connectivity index (χ1) is 12.2. The maximum Gasteiger partial charge on any atom is 0.222 e. The summed E-state index contributed by atoms with van der Waals surface area (Å²) < 4.78 is 5.17. The topological polar surface area (TPSA) is 70.8 Å². The molecule has 1 amide bonds. The van der Waals surface area contributed by atoms with E-state index in [1.165, 1.54) is 11.1 Å². The molecule has 1 fully saturated rings. The van der Waals surface area contributed by atoms with E-state index in [1.54, 1.807) is 7.11 Å². The lowest BCUT2D eigenvalue weighted by molar-refractivity contribution is -0.123. The molecule has 3 N–H and O–H groups in total. The molecule has 1 saturated heterocycles. The lowest BCUT2D eigenvalue weighted by atomic mass is 10.1. The van der Waals surface area contributed by atoms with E-state index in [0.29, 0.717) is 19.5 Å². The summed E-state index contributed by atoms with van der Waals surface area (Å²) in [6.07, 6.45) is 0.0823. The molecule has 6 heteroatoms. The van der Waals surface area contributed by atoms with Gasteiger partial charge in [-0.3, -0.25) is 9.69 Å². The van der Waals surface area contributed by atoms with Gasteiger partial charge in [0.25, 0.3) is 0 Å². The smallest absolute Gasteiger partial charge is 0.222 e. The first-order valence-corrected chi connectivity index (χ1v) is 9.17. The lowest BCUT2D eigenvalue weighted by Gasteiger charge is -2.34. The second kappa shape index (κ2) is 10.5. The molecule has 1 aromatic carbocycles.